The van der Waals surface area contributed by atoms with Gasteiger partial charge in [0.15, 0.2) is 0 Å². The minimum atomic E-state index is -0.250. The molecular weight excluding hydrogens is 329 g/mol. The normalized spacial score (nSPS) is 16.2. The fourth-order valence-electron chi connectivity index (χ4n) is 3.65. The molecule has 0 amide bonds. The van der Waals surface area contributed by atoms with E-state index in [-0.39, 0.29) is 5.82 Å². The maximum Gasteiger partial charge on any atom is 0.148 e. The number of hydrogen-bond acceptors (Lipinski definition) is 3. The van der Waals surface area contributed by atoms with Crippen molar-refractivity contribution in [2.24, 2.45) is 5.92 Å². The maximum atomic E-state index is 13.9. The van der Waals surface area contributed by atoms with Gasteiger partial charge in [0.1, 0.15) is 11.5 Å². The number of likely N-dealkylation sites (tertiary alicyclic amines) is 1. The Morgan fingerprint density at radius 1 is 1.08 bits per heavy atom. The van der Waals surface area contributed by atoms with Crippen LogP contribution in [0.4, 0.5) is 4.39 Å². The first kappa shape index (κ1) is 17.0. The van der Waals surface area contributed by atoms with E-state index in [2.05, 4.69) is 15.1 Å². The number of piperidine rings is 1. The molecule has 0 unspecified atom stereocenters. The minimum absolute atomic E-state index is 0.250. The third-order valence-corrected chi connectivity index (χ3v) is 5.17. The third kappa shape index (κ3) is 4.02. The molecule has 0 N–H and O–H groups in total. The minimum Gasteiger partial charge on any atom is -0.299 e. The van der Waals surface area contributed by atoms with E-state index < -0.39 is 0 Å². The molecule has 6 heteroatoms. The summed E-state index contributed by atoms with van der Waals surface area (Å²) in [7, 11) is 0. The second-order valence-corrected chi connectivity index (χ2v) is 7.02. The summed E-state index contributed by atoms with van der Waals surface area (Å²) < 4.78 is 17.5. The van der Waals surface area contributed by atoms with E-state index in [1.54, 1.807) is 16.8 Å². The van der Waals surface area contributed by atoms with Gasteiger partial charge in [0.2, 0.25) is 0 Å². The second kappa shape index (κ2) is 7.83. The first-order chi connectivity index (χ1) is 12.8. The predicted octanol–water partition coefficient (Wildman–Crippen LogP) is 3.51. The summed E-state index contributed by atoms with van der Waals surface area (Å²) in [5, 5.41) is 8.60. The van der Waals surface area contributed by atoms with Crippen LogP contribution in [-0.2, 0) is 13.1 Å². The molecule has 1 aliphatic rings. The zero-order valence-electron chi connectivity index (χ0n) is 14.8. The van der Waals surface area contributed by atoms with Crippen LogP contribution in [0.2, 0.25) is 0 Å². The molecule has 5 nitrogen and oxygen atoms in total. The topological polar surface area (TPSA) is 38.9 Å². The van der Waals surface area contributed by atoms with E-state index >= 15 is 0 Å². The Morgan fingerprint density at radius 3 is 2.69 bits per heavy atom. The highest BCUT2D eigenvalue weighted by Crippen LogP contribution is 2.22. The number of nitrogens with zero attached hydrogens (tertiary/aromatic N) is 5. The van der Waals surface area contributed by atoms with Crippen molar-refractivity contribution in [3.8, 4) is 5.69 Å². The summed E-state index contributed by atoms with van der Waals surface area (Å²) in [5.41, 5.74) is 1.62. The fourth-order valence-corrected chi connectivity index (χ4v) is 3.65. The standard InChI is InChI=1S/C20H24FN5/c21-19-4-1-2-5-20(19)26-16-18(14-23-26)15-24-11-6-17(7-12-24)8-13-25-10-3-9-22-25/h1-5,9-10,14,16-17H,6-8,11-13,15H2. The number of para-hydroxylation sites is 1. The van der Waals surface area contributed by atoms with Crippen LogP contribution in [0.3, 0.4) is 0 Å². The lowest BCUT2D eigenvalue weighted by Gasteiger charge is -2.31. The van der Waals surface area contributed by atoms with Crippen molar-refractivity contribution in [3.63, 3.8) is 0 Å². The SMILES string of the molecule is Fc1ccccc1-n1cc(CN2CCC(CCn3cccn3)CC2)cn1. The van der Waals surface area contributed by atoms with Crippen molar-refractivity contribution in [2.75, 3.05) is 13.1 Å². The van der Waals surface area contributed by atoms with Crippen molar-refractivity contribution in [2.45, 2.75) is 32.4 Å². The molecular formula is C20H24FN5. The monoisotopic (exact) mass is 353 g/mol. The number of halogens is 1. The molecule has 1 fully saturated rings. The van der Waals surface area contributed by atoms with Crippen LogP contribution in [0, 0.1) is 11.7 Å². The van der Waals surface area contributed by atoms with E-state index in [0.29, 0.717) is 5.69 Å². The van der Waals surface area contributed by atoms with Crippen molar-refractivity contribution in [1.82, 2.24) is 24.5 Å². The molecule has 136 valence electrons. The average Bonchev–Trinajstić information content (AvgIpc) is 3.34. The van der Waals surface area contributed by atoms with Crippen molar-refractivity contribution < 1.29 is 4.39 Å². The van der Waals surface area contributed by atoms with Crippen LogP contribution in [0.1, 0.15) is 24.8 Å². The number of aryl methyl sites for hydroxylation is 1. The summed E-state index contributed by atoms with van der Waals surface area (Å²) in [6.07, 6.45) is 11.3. The highest BCUT2D eigenvalue weighted by atomic mass is 19.1. The molecule has 0 spiro atoms. The first-order valence-corrected chi connectivity index (χ1v) is 9.26. The Morgan fingerprint density at radius 2 is 1.92 bits per heavy atom. The Kier molecular flexibility index (Phi) is 5.11. The Labute approximate surface area is 153 Å². The second-order valence-electron chi connectivity index (χ2n) is 7.02. The van der Waals surface area contributed by atoms with E-state index in [1.807, 2.05) is 41.6 Å². The molecule has 0 radical (unpaired) electrons. The molecule has 0 bridgehead atoms. The molecule has 0 aliphatic carbocycles. The zero-order valence-corrected chi connectivity index (χ0v) is 14.8. The summed E-state index contributed by atoms with van der Waals surface area (Å²) in [4.78, 5) is 2.47. The van der Waals surface area contributed by atoms with Crippen molar-refractivity contribution >= 4 is 0 Å². The van der Waals surface area contributed by atoms with Crippen LogP contribution >= 0.6 is 0 Å². The van der Waals surface area contributed by atoms with Gasteiger partial charge in [-0.25, -0.2) is 9.07 Å². The summed E-state index contributed by atoms with van der Waals surface area (Å²) >= 11 is 0. The molecule has 26 heavy (non-hydrogen) atoms. The first-order valence-electron chi connectivity index (χ1n) is 9.26. The number of aromatic nitrogens is 4. The summed E-state index contributed by atoms with van der Waals surface area (Å²) in [6.45, 7) is 4.09. The van der Waals surface area contributed by atoms with Crippen LogP contribution in [-0.4, -0.2) is 37.6 Å². The fraction of sp³-hybridized carbons (Fsp3) is 0.400. The number of rotatable bonds is 6. The lowest BCUT2D eigenvalue weighted by atomic mass is 9.93. The van der Waals surface area contributed by atoms with Gasteiger partial charge in [-0.05, 0) is 56.5 Å². The van der Waals surface area contributed by atoms with Crippen molar-refractivity contribution in [3.05, 3.63) is 66.5 Å². The highest BCUT2D eigenvalue weighted by molar-refractivity contribution is 5.32. The number of benzene rings is 1. The van der Waals surface area contributed by atoms with Crippen LogP contribution < -0.4 is 0 Å². The van der Waals surface area contributed by atoms with Gasteiger partial charge >= 0.3 is 0 Å². The molecule has 1 aromatic carbocycles. The maximum absolute atomic E-state index is 13.9. The highest BCUT2D eigenvalue weighted by Gasteiger charge is 2.19. The van der Waals surface area contributed by atoms with Crippen LogP contribution in [0.25, 0.3) is 5.69 Å². The summed E-state index contributed by atoms with van der Waals surface area (Å²) in [6, 6.07) is 8.71. The molecule has 1 aliphatic heterocycles. The van der Waals surface area contributed by atoms with E-state index in [4.69, 9.17) is 0 Å². The summed E-state index contributed by atoms with van der Waals surface area (Å²) in [5.74, 6) is 0.525. The Hall–Kier alpha value is -2.47. The molecule has 2 aromatic heterocycles. The van der Waals surface area contributed by atoms with Crippen molar-refractivity contribution in [1.29, 1.82) is 0 Å². The van der Waals surface area contributed by atoms with Gasteiger partial charge in [-0.1, -0.05) is 12.1 Å². The largest absolute Gasteiger partial charge is 0.299 e. The third-order valence-electron chi connectivity index (χ3n) is 5.17. The predicted molar refractivity (Wildman–Crippen MR) is 98.4 cm³/mol. The molecule has 0 atom stereocenters. The van der Waals surface area contributed by atoms with Gasteiger partial charge in [-0.15, -0.1) is 0 Å². The Bertz CT molecular complexity index is 818. The molecule has 4 rings (SSSR count). The van der Waals surface area contributed by atoms with Gasteiger partial charge < -0.3 is 0 Å². The molecule has 3 aromatic rings. The molecule has 1 saturated heterocycles. The van der Waals surface area contributed by atoms with Gasteiger partial charge in [-0.2, -0.15) is 10.2 Å². The number of hydrogen-bond donors (Lipinski definition) is 0. The zero-order chi connectivity index (χ0) is 17.8. The molecule has 3 heterocycles. The van der Waals surface area contributed by atoms with E-state index in [0.717, 1.165) is 37.7 Å². The van der Waals surface area contributed by atoms with Gasteiger partial charge in [0.25, 0.3) is 0 Å². The van der Waals surface area contributed by atoms with E-state index in [1.165, 1.54) is 25.3 Å². The Balaban J connectivity index is 1.28. The van der Waals surface area contributed by atoms with Crippen LogP contribution in [0.15, 0.2) is 55.1 Å². The lowest BCUT2D eigenvalue weighted by Crippen LogP contribution is -2.33. The van der Waals surface area contributed by atoms with Gasteiger partial charge in [0, 0.05) is 37.2 Å². The average molecular weight is 353 g/mol. The van der Waals surface area contributed by atoms with Gasteiger partial charge in [0.05, 0.1) is 6.20 Å². The van der Waals surface area contributed by atoms with Crippen LogP contribution in [0.5, 0.6) is 0 Å². The van der Waals surface area contributed by atoms with E-state index in [9.17, 15) is 4.39 Å². The quantitative estimate of drug-likeness (QED) is 0.681. The lowest BCUT2D eigenvalue weighted by molar-refractivity contribution is 0.168. The van der Waals surface area contributed by atoms with Gasteiger partial charge in [-0.3, -0.25) is 9.58 Å². The smallest absolute Gasteiger partial charge is 0.148 e. The molecule has 0 saturated carbocycles.